The smallest absolute Gasteiger partial charge is 0.127 e. The highest BCUT2D eigenvalue weighted by Crippen LogP contribution is 2.21. The van der Waals surface area contributed by atoms with E-state index in [-0.39, 0.29) is 11.9 Å². The summed E-state index contributed by atoms with van der Waals surface area (Å²) in [5.41, 5.74) is 1.70. The Morgan fingerprint density at radius 3 is 2.67 bits per heavy atom. The lowest BCUT2D eigenvalue weighted by Gasteiger charge is -2.18. The lowest BCUT2D eigenvalue weighted by atomic mass is 10.0. The van der Waals surface area contributed by atoms with Crippen LogP contribution in [0, 0.1) is 5.82 Å². The molecule has 0 radical (unpaired) electrons. The van der Waals surface area contributed by atoms with Crippen LogP contribution in [0.1, 0.15) is 50.5 Å². The van der Waals surface area contributed by atoms with Gasteiger partial charge in [0, 0.05) is 30.3 Å². The van der Waals surface area contributed by atoms with E-state index >= 15 is 0 Å². The van der Waals surface area contributed by atoms with Gasteiger partial charge in [-0.3, -0.25) is 4.68 Å². The minimum absolute atomic E-state index is 0.0449. The quantitative estimate of drug-likeness (QED) is 0.838. The fraction of sp³-hybridized carbons (Fsp3) is 0.471. The lowest BCUT2D eigenvalue weighted by molar-refractivity contribution is 0.463. The van der Waals surface area contributed by atoms with Gasteiger partial charge < -0.3 is 5.32 Å². The summed E-state index contributed by atoms with van der Waals surface area (Å²) in [6.07, 6.45) is 3.75. The first kappa shape index (κ1) is 15.7. The normalized spacial score (nSPS) is 14.1. The van der Waals surface area contributed by atoms with Crippen LogP contribution in [-0.4, -0.2) is 16.3 Å². The first-order chi connectivity index (χ1) is 10.2. The third-order valence-electron chi connectivity index (χ3n) is 3.85. The molecule has 0 saturated heterocycles. The summed E-state index contributed by atoms with van der Waals surface area (Å²) in [6, 6.07) is 9.32. The second kappa shape index (κ2) is 7.36. The number of nitrogens with one attached hydrogen (secondary N) is 1. The standard InChI is InChI=1S/C17H24FN3/c1-4-13(3)21-11-10-14(20-21)12-17(19-5-2)15-8-6-7-9-16(15)18/h6-11,13,17,19H,4-5,12H2,1-3H3. The van der Waals surface area contributed by atoms with E-state index in [1.165, 1.54) is 6.07 Å². The highest BCUT2D eigenvalue weighted by molar-refractivity contribution is 5.23. The molecule has 2 aromatic rings. The lowest BCUT2D eigenvalue weighted by Crippen LogP contribution is -2.24. The predicted molar refractivity (Wildman–Crippen MR) is 83.8 cm³/mol. The Kier molecular flexibility index (Phi) is 5.51. The highest BCUT2D eigenvalue weighted by Gasteiger charge is 2.16. The third kappa shape index (κ3) is 3.91. The number of nitrogens with zero attached hydrogens (tertiary/aromatic N) is 2. The number of hydrogen-bond acceptors (Lipinski definition) is 2. The van der Waals surface area contributed by atoms with Crippen LogP contribution in [0.2, 0.25) is 0 Å². The molecule has 3 nitrogen and oxygen atoms in total. The summed E-state index contributed by atoms with van der Waals surface area (Å²) in [7, 11) is 0. The fourth-order valence-corrected chi connectivity index (χ4v) is 2.42. The Morgan fingerprint density at radius 2 is 2.00 bits per heavy atom. The molecule has 21 heavy (non-hydrogen) atoms. The van der Waals surface area contributed by atoms with Crippen LogP contribution >= 0.6 is 0 Å². The van der Waals surface area contributed by atoms with E-state index in [1.807, 2.05) is 36.0 Å². The maximum absolute atomic E-state index is 14.0. The average molecular weight is 289 g/mol. The molecule has 0 spiro atoms. The summed E-state index contributed by atoms with van der Waals surface area (Å²) in [4.78, 5) is 0. The number of likely N-dealkylation sites (N-methyl/N-ethyl adjacent to an activating group) is 1. The van der Waals surface area contributed by atoms with Crippen LogP contribution in [0.15, 0.2) is 36.5 Å². The maximum atomic E-state index is 14.0. The number of aromatic nitrogens is 2. The zero-order valence-corrected chi connectivity index (χ0v) is 13.0. The number of benzene rings is 1. The molecule has 2 atom stereocenters. The summed E-state index contributed by atoms with van der Waals surface area (Å²) >= 11 is 0. The Hall–Kier alpha value is -1.68. The average Bonchev–Trinajstić information content (AvgIpc) is 2.95. The first-order valence-corrected chi connectivity index (χ1v) is 7.67. The molecule has 0 aliphatic carbocycles. The molecule has 1 N–H and O–H groups in total. The molecule has 0 amide bonds. The summed E-state index contributed by atoms with van der Waals surface area (Å²) in [5, 5.41) is 7.96. The Balaban J connectivity index is 2.17. The van der Waals surface area contributed by atoms with Crippen molar-refractivity contribution in [1.82, 2.24) is 15.1 Å². The van der Waals surface area contributed by atoms with Gasteiger partial charge in [0.15, 0.2) is 0 Å². The van der Waals surface area contributed by atoms with Gasteiger partial charge in [-0.05, 0) is 32.0 Å². The van der Waals surface area contributed by atoms with Gasteiger partial charge in [-0.25, -0.2) is 4.39 Å². The van der Waals surface area contributed by atoms with Crippen molar-refractivity contribution in [1.29, 1.82) is 0 Å². The molecule has 0 aliphatic heterocycles. The molecule has 0 fully saturated rings. The van der Waals surface area contributed by atoms with Crippen molar-refractivity contribution in [3.8, 4) is 0 Å². The van der Waals surface area contributed by atoms with Crippen molar-refractivity contribution < 1.29 is 4.39 Å². The Bertz CT molecular complexity index is 565. The third-order valence-corrected chi connectivity index (χ3v) is 3.85. The zero-order chi connectivity index (χ0) is 15.2. The maximum Gasteiger partial charge on any atom is 0.127 e. The minimum Gasteiger partial charge on any atom is -0.310 e. The summed E-state index contributed by atoms with van der Waals surface area (Å²) in [6.45, 7) is 7.12. The predicted octanol–water partition coefficient (Wildman–Crippen LogP) is 3.89. The van der Waals surface area contributed by atoms with E-state index < -0.39 is 0 Å². The van der Waals surface area contributed by atoms with Gasteiger partial charge in [0.05, 0.1) is 5.69 Å². The van der Waals surface area contributed by atoms with Crippen LogP contribution < -0.4 is 5.32 Å². The van der Waals surface area contributed by atoms with Crippen molar-refractivity contribution in [2.75, 3.05) is 6.54 Å². The van der Waals surface area contributed by atoms with Crippen molar-refractivity contribution >= 4 is 0 Å². The molecule has 4 heteroatoms. The van der Waals surface area contributed by atoms with Gasteiger partial charge in [-0.15, -0.1) is 0 Å². The second-order valence-corrected chi connectivity index (χ2v) is 5.38. The minimum atomic E-state index is -0.162. The summed E-state index contributed by atoms with van der Waals surface area (Å²) < 4.78 is 16.0. The number of rotatable bonds is 7. The van der Waals surface area contributed by atoms with E-state index in [0.29, 0.717) is 18.0 Å². The second-order valence-electron chi connectivity index (χ2n) is 5.38. The van der Waals surface area contributed by atoms with E-state index in [9.17, 15) is 4.39 Å². The van der Waals surface area contributed by atoms with Crippen LogP contribution in [0.4, 0.5) is 4.39 Å². The van der Waals surface area contributed by atoms with Gasteiger partial charge in [0.2, 0.25) is 0 Å². The fourth-order valence-electron chi connectivity index (χ4n) is 2.42. The van der Waals surface area contributed by atoms with E-state index in [2.05, 4.69) is 24.3 Å². The first-order valence-electron chi connectivity index (χ1n) is 7.67. The molecule has 1 heterocycles. The molecule has 1 aromatic heterocycles. The van der Waals surface area contributed by atoms with Gasteiger partial charge in [0.1, 0.15) is 5.82 Å². The van der Waals surface area contributed by atoms with Gasteiger partial charge >= 0.3 is 0 Å². The van der Waals surface area contributed by atoms with Crippen LogP contribution in [0.3, 0.4) is 0 Å². The van der Waals surface area contributed by atoms with E-state index in [4.69, 9.17) is 0 Å². The number of hydrogen-bond donors (Lipinski definition) is 1. The topological polar surface area (TPSA) is 29.9 Å². The van der Waals surface area contributed by atoms with Crippen LogP contribution in [-0.2, 0) is 6.42 Å². The van der Waals surface area contributed by atoms with Crippen molar-refractivity contribution in [3.63, 3.8) is 0 Å². The molecule has 0 saturated carbocycles. The Morgan fingerprint density at radius 1 is 1.24 bits per heavy atom. The van der Waals surface area contributed by atoms with Crippen molar-refractivity contribution in [2.24, 2.45) is 0 Å². The largest absolute Gasteiger partial charge is 0.310 e. The molecule has 0 bridgehead atoms. The monoisotopic (exact) mass is 289 g/mol. The molecular weight excluding hydrogens is 265 g/mol. The molecule has 114 valence electrons. The summed E-state index contributed by atoms with van der Waals surface area (Å²) in [5.74, 6) is -0.162. The molecule has 2 unspecified atom stereocenters. The molecule has 1 aromatic carbocycles. The van der Waals surface area contributed by atoms with E-state index in [1.54, 1.807) is 6.07 Å². The molecular formula is C17H24FN3. The van der Waals surface area contributed by atoms with E-state index in [0.717, 1.165) is 18.7 Å². The Labute approximate surface area is 126 Å². The molecule has 2 rings (SSSR count). The van der Waals surface area contributed by atoms with Crippen LogP contribution in [0.5, 0.6) is 0 Å². The highest BCUT2D eigenvalue weighted by atomic mass is 19.1. The zero-order valence-electron chi connectivity index (χ0n) is 13.0. The van der Waals surface area contributed by atoms with Crippen molar-refractivity contribution in [3.05, 3.63) is 53.6 Å². The SMILES string of the molecule is CCNC(Cc1ccn(C(C)CC)n1)c1ccccc1F. The van der Waals surface area contributed by atoms with Gasteiger partial charge in [-0.1, -0.05) is 32.0 Å². The molecule has 0 aliphatic rings. The van der Waals surface area contributed by atoms with Gasteiger partial charge in [-0.2, -0.15) is 5.10 Å². The van der Waals surface area contributed by atoms with Crippen molar-refractivity contribution in [2.45, 2.75) is 45.7 Å². The number of halogens is 1. The van der Waals surface area contributed by atoms with Gasteiger partial charge in [0.25, 0.3) is 0 Å². The van der Waals surface area contributed by atoms with Crippen LogP contribution in [0.25, 0.3) is 0 Å².